The lowest BCUT2D eigenvalue weighted by Gasteiger charge is -2.42. The molecule has 2 aromatic rings. The van der Waals surface area contributed by atoms with Gasteiger partial charge in [-0.05, 0) is 43.2 Å². The molecule has 1 aliphatic rings. The molecule has 1 atom stereocenters. The first-order chi connectivity index (χ1) is 15.8. The molecule has 0 bridgehead atoms. The van der Waals surface area contributed by atoms with Crippen LogP contribution in [0.3, 0.4) is 0 Å². The number of carbonyl (C=O) groups is 2. The number of methoxy groups -OCH3 is 1. The van der Waals surface area contributed by atoms with Crippen LogP contribution in [-0.4, -0.2) is 50.3 Å². The molecule has 3 rings (SSSR count). The highest BCUT2D eigenvalue weighted by atomic mass is 79.9. The molecule has 9 heteroatoms. The van der Waals surface area contributed by atoms with Gasteiger partial charge in [0.1, 0.15) is 5.75 Å². The van der Waals surface area contributed by atoms with E-state index >= 15 is 0 Å². The van der Waals surface area contributed by atoms with E-state index in [9.17, 15) is 14.7 Å². The topological polar surface area (TPSA) is 95.3 Å². The van der Waals surface area contributed by atoms with Crippen molar-refractivity contribution in [2.45, 2.75) is 32.4 Å². The number of amides is 3. The molecule has 8 nitrogen and oxygen atoms in total. The molecule has 4 N–H and O–H groups in total. The number of nitrogens with one attached hydrogen (secondary N) is 3. The number of anilines is 2. The second-order valence-corrected chi connectivity index (χ2v) is 9.00. The number of carbonyl (C=O) groups excluding carboxylic acids is 2. The predicted molar refractivity (Wildman–Crippen MR) is 132 cm³/mol. The fourth-order valence-electron chi connectivity index (χ4n) is 4.19. The number of fused-ring (bicyclic) bond motifs is 1. The van der Waals surface area contributed by atoms with Crippen LogP contribution in [0.1, 0.15) is 32.3 Å². The van der Waals surface area contributed by atoms with Crippen LogP contribution in [0, 0.1) is 0 Å². The summed E-state index contributed by atoms with van der Waals surface area (Å²) in [6, 6.07) is 11.1. The Morgan fingerprint density at radius 2 is 1.91 bits per heavy atom. The average Bonchev–Trinajstić information content (AvgIpc) is 2.80. The molecule has 0 radical (unpaired) electrons. The molecule has 0 aromatic heterocycles. The van der Waals surface area contributed by atoms with Crippen molar-refractivity contribution in [3.05, 3.63) is 52.5 Å². The molecule has 178 valence electrons. The summed E-state index contributed by atoms with van der Waals surface area (Å²) in [5.74, 6) is -0.159. The van der Waals surface area contributed by atoms with Gasteiger partial charge in [0, 0.05) is 16.1 Å². The van der Waals surface area contributed by atoms with Gasteiger partial charge in [0.05, 0.1) is 44.7 Å². The van der Waals surface area contributed by atoms with Crippen molar-refractivity contribution in [2.75, 3.05) is 43.5 Å². The number of quaternary nitrogens is 1. The maximum Gasteiger partial charge on any atom is 0.329 e. The third-order valence-corrected chi connectivity index (χ3v) is 6.22. The van der Waals surface area contributed by atoms with Crippen molar-refractivity contribution >= 4 is 39.2 Å². The van der Waals surface area contributed by atoms with Gasteiger partial charge in [-0.25, -0.2) is 4.79 Å². The van der Waals surface area contributed by atoms with E-state index in [1.165, 1.54) is 12.0 Å². The van der Waals surface area contributed by atoms with E-state index < -0.39 is 17.7 Å². The molecule has 1 heterocycles. The maximum atomic E-state index is 13.5. The van der Waals surface area contributed by atoms with Gasteiger partial charge < -0.3 is 25.4 Å². The molecule has 2 aromatic carbocycles. The molecule has 0 fully saturated rings. The lowest BCUT2D eigenvalue weighted by molar-refractivity contribution is -0.899. The van der Waals surface area contributed by atoms with Crippen molar-refractivity contribution in [2.24, 2.45) is 0 Å². The zero-order valence-electron chi connectivity index (χ0n) is 19.3. The van der Waals surface area contributed by atoms with Crippen LogP contribution in [0.2, 0.25) is 0 Å². The average molecular weight is 520 g/mol. The van der Waals surface area contributed by atoms with E-state index in [-0.39, 0.29) is 5.56 Å². The lowest BCUT2D eigenvalue weighted by atomic mass is 9.94. The monoisotopic (exact) mass is 519 g/mol. The number of nitrogens with zero attached hydrogens (tertiary/aromatic N) is 1. The van der Waals surface area contributed by atoms with E-state index in [0.717, 1.165) is 37.4 Å². The van der Waals surface area contributed by atoms with Crippen molar-refractivity contribution < 1.29 is 24.3 Å². The Hall–Kier alpha value is -2.62. The van der Waals surface area contributed by atoms with Gasteiger partial charge in [0.2, 0.25) is 0 Å². The Morgan fingerprint density at radius 3 is 2.58 bits per heavy atom. The van der Waals surface area contributed by atoms with E-state index in [1.54, 1.807) is 42.5 Å². The minimum absolute atomic E-state index is 0.281. The van der Waals surface area contributed by atoms with Crippen LogP contribution in [0.15, 0.2) is 46.9 Å². The quantitative estimate of drug-likeness (QED) is 0.387. The first kappa shape index (κ1) is 25.0. The van der Waals surface area contributed by atoms with E-state index in [0.29, 0.717) is 28.1 Å². The minimum atomic E-state index is -2.25. The number of aliphatic hydroxyl groups is 1. The van der Waals surface area contributed by atoms with E-state index in [1.807, 2.05) is 0 Å². The van der Waals surface area contributed by atoms with Crippen molar-refractivity contribution in [1.29, 1.82) is 0 Å². The highest BCUT2D eigenvalue weighted by Gasteiger charge is 2.52. The van der Waals surface area contributed by atoms with E-state index in [4.69, 9.17) is 4.74 Å². The normalized spacial score (nSPS) is 17.5. The van der Waals surface area contributed by atoms with Gasteiger partial charge in [0.15, 0.2) is 0 Å². The minimum Gasteiger partial charge on any atom is -0.497 e. The van der Waals surface area contributed by atoms with Gasteiger partial charge in [0.25, 0.3) is 11.6 Å². The Labute approximate surface area is 203 Å². The summed E-state index contributed by atoms with van der Waals surface area (Å²) < 4.78 is 5.96. The highest BCUT2D eigenvalue weighted by molar-refractivity contribution is 9.10. The van der Waals surface area contributed by atoms with Crippen molar-refractivity contribution in [3.63, 3.8) is 0 Å². The number of rotatable bonds is 10. The molecule has 3 amide bonds. The Kier molecular flexibility index (Phi) is 8.34. The molecule has 0 saturated carbocycles. The third-order valence-electron chi connectivity index (χ3n) is 5.72. The van der Waals surface area contributed by atoms with Gasteiger partial charge >= 0.3 is 6.03 Å². The number of halogens is 1. The summed E-state index contributed by atoms with van der Waals surface area (Å²) in [6.45, 7) is 7.43. The summed E-state index contributed by atoms with van der Waals surface area (Å²) in [7, 11) is 1.52. The lowest BCUT2D eigenvalue weighted by Crippen LogP contribution is -3.12. The zero-order valence-corrected chi connectivity index (χ0v) is 20.9. The Bertz CT molecular complexity index is 996. The summed E-state index contributed by atoms with van der Waals surface area (Å²) >= 11 is 3.41. The summed E-state index contributed by atoms with van der Waals surface area (Å²) in [5.41, 5.74) is -1.25. The van der Waals surface area contributed by atoms with Crippen LogP contribution in [0.4, 0.5) is 16.2 Å². The number of urea groups is 1. The number of hydrogen-bond acceptors (Lipinski definition) is 4. The SMILES string of the molecule is CCC[NH+](CCC)CCNC(=O)C1(O)c2cc(Br)ccc2NC(=O)N1c1cccc(OC)c1. The fourth-order valence-corrected chi connectivity index (χ4v) is 4.55. The number of ether oxygens (including phenoxy) is 1. The first-order valence-corrected chi connectivity index (χ1v) is 12.0. The van der Waals surface area contributed by atoms with Crippen molar-refractivity contribution in [3.8, 4) is 5.75 Å². The molecule has 0 spiro atoms. The second-order valence-electron chi connectivity index (χ2n) is 8.09. The van der Waals surface area contributed by atoms with Gasteiger partial charge in [-0.1, -0.05) is 35.8 Å². The first-order valence-electron chi connectivity index (χ1n) is 11.2. The van der Waals surface area contributed by atoms with Crippen LogP contribution < -0.4 is 25.2 Å². The smallest absolute Gasteiger partial charge is 0.329 e. The third kappa shape index (κ3) is 5.31. The van der Waals surface area contributed by atoms with Crippen LogP contribution in [0.25, 0.3) is 0 Å². The molecule has 1 unspecified atom stereocenters. The van der Waals surface area contributed by atoms with Crippen molar-refractivity contribution in [1.82, 2.24) is 5.32 Å². The fraction of sp³-hybridized carbons (Fsp3) is 0.417. The second kappa shape index (κ2) is 11.0. The largest absolute Gasteiger partial charge is 0.497 e. The molecule has 0 aliphatic carbocycles. The number of hydrogen-bond donors (Lipinski definition) is 4. The Balaban J connectivity index is 1.97. The summed E-state index contributed by atoms with van der Waals surface area (Å²) in [4.78, 5) is 29.1. The predicted octanol–water partition coefficient (Wildman–Crippen LogP) is 2.48. The summed E-state index contributed by atoms with van der Waals surface area (Å²) in [5, 5.41) is 17.6. The maximum absolute atomic E-state index is 13.5. The standard InChI is InChI=1S/C24H31BrN4O4/c1-4-12-28(13-5-2)14-11-26-22(30)24(32)20-15-17(25)9-10-21(20)27-23(31)29(24)18-7-6-8-19(16-18)33-3/h6-10,15-16,32H,4-5,11-14H2,1-3H3,(H,26,30)(H,27,31)/p+1. The molecule has 33 heavy (non-hydrogen) atoms. The van der Waals surface area contributed by atoms with Crippen LogP contribution in [0.5, 0.6) is 5.75 Å². The van der Waals surface area contributed by atoms with Crippen LogP contribution in [-0.2, 0) is 10.5 Å². The van der Waals surface area contributed by atoms with E-state index in [2.05, 4.69) is 40.4 Å². The number of benzene rings is 2. The molecular weight excluding hydrogens is 488 g/mol. The zero-order chi connectivity index (χ0) is 24.0. The van der Waals surface area contributed by atoms with Gasteiger partial charge in [-0.15, -0.1) is 0 Å². The highest BCUT2D eigenvalue weighted by Crippen LogP contribution is 2.41. The molecule has 0 saturated heterocycles. The van der Waals surface area contributed by atoms with Gasteiger partial charge in [-0.2, -0.15) is 0 Å². The molecule has 1 aliphatic heterocycles. The van der Waals surface area contributed by atoms with Gasteiger partial charge in [-0.3, -0.25) is 9.69 Å². The molecular formula is C24H32BrN4O4+. The summed E-state index contributed by atoms with van der Waals surface area (Å²) in [6.07, 6.45) is 2.11. The Morgan fingerprint density at radius 1 is 1.18 bits per heavy atom. The van der Waals surface area contributed by atoms with Crippen LogP contribution >= 0.6 is 15.9 Å².